The summed E-state index contributed by atoms with van der Waals surface area (Å²) in [6, 6.07) is 4.03. The molecule has 1 aromatic heterocycles. The van der Waals surface area contributed by atoms with Crippen LogP contribution in [0.25, 0.3) is 0 Å². The molecule has 0 radical (unpaired) electrons. The van der Waals surface area contributed by atoms with Crippen LogP contribution in [0, 0.1) is 11.2 Å². The second-order valence-corrected chi connectivity index (χ2v) is 8.20. The summed E-state index contributed by atoms with van der Waals surface area (Å²) in [6.07, 6.45) is 4.84. The van der Waals surface area contributed by atoms with Gasteiger partial charge in [0, 0.05) is 24.4 Å². The minimum absolute atomic E-state index is 0.00163. The number of rotatable bonds is 8. The van der Waals surface area contributed by atoms with Crippen LogP contribution < -0.4 is 10.1 Å². The van der Waals surface area contributed by atoms with Gasteiger partial charge < -0.3 is 14.5 Å². The van der Waals surface area contributed by atoms with Gasteiger partial charge in [-0.3, -0.25) is 9.59 Å². The molecule has 3 saturated carbocycles. The SMILES string of the molecule is CCc1ncc(C(=O)CC23CC(NC(=O)COc4ccc(Cl)c(F)c4)(C2)C3)o1. The van der Waals surface area contributed by atoms with Gasteiger partial charge in [-0.15, -0.1) is 0 Å². The lowest BCUT2D eigenvalue weighted by atomic mass is 9.38. The van der Waals surface area contributed by atoms with Crippen molar-refractivity contribution >= 4 is 23.3 Å². The second-order valence-electron chi connectivity index (χ2n) is 7.80. The van der Waals surface area contributed by atoms with Crippen LogP contribution in [-0.4, -0.2) is 28.8 Å². The van der Waals surface area contributed by atoms with Gasteiger partial charge in [0.15, 0.2) is 24.0 Å². The van der Waals surface area contributed by atoms with Gasteiger partial charge in [-0.25, -0.2) is 9.37 Å². The summed E-state index contributed by atoms with van der Waals surface area (Å²) in [5.74, 6) is 0.213. The number of amides is 1. The number of Topliss-reactive ketones (excluding diaryl/α,β-unsaturated/α-hetero) is 1. The van der Waals surface area contributed by atoms with E-state index in [0.29, 0.717) is 24.5 Å². The van der Waals surface area contributed by atoms with Crippen LogP contribution in [0.5, 0.6) is 5.75 Å². The number of benzene rings is 1. The molecule has 0 spiro atoms. The summed E-state index contributed by atoms with van der Waals surface area (Å²) in [6.45, 7) is 1.72. The zero-order chi connectivity index (χ0) is 19.9. The monoisotopic (exact) mass is 406 g/mol. The molecule has 2 aromatic rings. The fourth-order valence-electron chi connectivity index (χ4n) is 4.40. The zero-order valence-corrected chi connectivity index (χ0v) is 16.1. The van der Waals surface area contributed by atoms with Crippen LogP contribution in [0.2, 0.25) is 5.02 Å². The maximum absolute atomic E-state index is 13.4. The molecule has 0 atom stereocenters. The van der Waals surface area contributed by atoms with Crippen molar-refractivity contribution in [3.8, 4) is 5.75 Å². The molecule has 5 rings (SSSR count). The number of hydrogen-bond acceptors (Lipinski definition) is 5. The van der Waals surface area contributed by atoms with E-state index in [1.54, 1.807) is 0 Å². The van der Waals surface area contributed by atoms with Gasteiger partial charge in [-0.05, 0) is 36.8 Å². The van der Waals surface area contributed by atoms with E-state index in [9.17, 15) is 14.0 Å². The van der Waals surface area contributed by atoms with E-state index in [1.165, 1.54) is 18.3 Å². The van der Waals surface area contributed by atoms with Crippen molar-refractivity contribution in [3.63, 3.8) is 0 Å². The van der Waals surface area contributed by atoms with Crippen molar-refractivity contribution in [2.24, 2.45) is 5.41 Å². The number of ketones is 1. The van der Waals surface area contributed by atoms with E-state index in [4.69, 9.17) is 20.8 Å². The van der Waals surface area contributed by atoms with E-state index >= 15 is 0 Å². The molecule has 148 valence electrons. The van der Waals surface area contributed by atoms with Gasteiger partial charge in [0.1, 0.15) is 11.6 Å². The Balaban J connectivity index is 1.23. The van der Waals surface area contributed by atoms with Crippen LogP contribution >= 0.6 is 11.6 Å². The Labute approximate surface area is 166 Å². The number of carbonyl (C=O) groups is 2. The van der Waals surface area contributed by atoms with E-state index in [0.717, 1.165) is 25.3 Å². The van der Waals surface area contributed by atoms with E-state index < -0.39 is 5.82 Å². The molecule has 1 heterocycles. The Morgan fingerprint density at radius 2 is 2.11 bits per heavy atom. The highest BCUT2D eigenvalue weighted by Gasteiger charge is 2.68. The summed E-state index contributed by atoms with van der Waals surface area (Å²) in [5.41, 5.74) is -0.300. The number of ether oxygens (including phenoxy) is 1. The summed E-state index contributed by atoms with van der Waals surface area (Å²) in [7, 11) is 0. The third-order valence-electron chi connectivity index (χ3n) is 5.47. The number of nitrogens with one attached hydrogen (secondary N) is 1. The highest BCUT2D eigenvalue weighted by atomic mass is 35.5. The fraction of sp³-hybridized carbons (Fsp3) is 0.450. The average Bonchev–Trinajstić information content (AvgIpc) is 3.09. The first-order valence-corrected chi connectivity index (χ1v) is 9.57. The van der Waals surface area contributed by atoms with Gasteiger partial charge in [-0.1, -0.05) is 18.5 Å². The molecule has 0 saturated heterocycles. The van der Waals surface area contributed by atoms with Crippen molar-refractivity contribution in [2.45, 2.75) is 44.6 Å². The number of aromatic nitrogens is 1. The van der Waals surface area contributed by atoms with Crippen molar-refractivity contribution in [3.05, 3.63) is 46.9 Å². The summed E-state index contributed by atoms with van der Waals surface area (Å²) >= 11 is 5.62. The van der Waals surface area contributed by atoms with Crippen LogP contribution in [0.1, 0.15) is 49.1 Å². The maximum atomic E-state index is 13.4. The van der Waals surface area contributed by atoms with Crippen molar-refractivity contribution in [1.82, 2.24) is 10.3 Å². The van der Waals surface area contributed by atoms with Crippen LogP contribution in [0.4, 0.5) is 4.39 Å². The molecule has 0 unspecified atom stereocenters. The molecule has 3 fully saturated rings. The molecule has 8 heteroatoms. The number of carbonyl (C=O) groups excluding carboxylic acids is 2. The summed E-state index contributed by atoms with van der Waals surface area (Å²) < 4.78 is 24.1. The number of aryl methyl sites for hydroxylation is 1. The first-order chi connectivity index (χ1) is 13.3. The molecular weight excluding hydrogens is 387 g/mol. The Morgan fingerprint density at radius 1 is 1.36 bits per heavy atom. The molecule has 2 bridgehead atoms. The van der Waals surface area contributed by atoms with Gasteiger partial charge in [0.25, 0.3) is 5.91 Å². The Morgan fingerprint density at radius 3 is 2.75 bits per heavy atom. The Kier molecular flexibility index (Phi) is 4.65. The summed E-state index contributed by atoms with van der Waals surface area (Å²) in [4.78, 5) is 28.6. The smallest absolute Gasteiger partial charge is 0.258 e. The highest BCUT2D eigenvalue weighted by molar-refractivity contribution is 6.30. The molecule has 28 heavy (non-hydrogen) atoms. The number of oxazole rings is 1. The number of halogens is 2. The van der Waals surface area contributed by atoms with Gasteiger partial charge >= 0.3 is 0 Å². The first-order valence-electron chi connectivity index (χ1n) is 9.19. The highest BCUT2D eigenvalue weighted by Crippen LogP contribution is 2.69. The topological polar surface area (TPSA) is 81.4 Å². The molecule has 3 aliphatic carbocycles. The fourth-order valence-corrected chi connectivity index (χ4v) is 4.51. The van der Waals surface area contributed by atoms with Crippen LogP contribution in [0.3, 0.4) is 0 Å². The molecule has 1 amide bonds. The van der Waals surface area contributed by atoms with Crippen LogP contribution in [0.15, 0.2) is 28.8 Å². The molecule has 3 aliphatic rings. The van der Waals surface area contributed by atoms with E-state index in [1.807, 2.05) is 6.92 Å². The Bertz CT molecular complexity index is 922. The lowest BCUT2D eigenvalue weighted by Crippen LogP contribution is -2.75. The minimum Gasteiger partial charge on any atom is -0.484 e. The summed E-state index contributed by atoms with van der Waals surface area (Å²) in [5, 5.41) is 2.98. The quantitative estimate of drug-likeness (QED) is 0.676. The molecular formula is C20H20ClFN2O4. The maximum Gasteiger partial charge on any atom is 0.258 e. The molecule has 0 aliphatic heterocycles. The largest absolute Gasteiger partial charge is 0.484 e. The zero-order valence-electron chi connectivity index (χ0n) is 15.4. The van der Waals surface area contributed by atoms with E-state index in [2.05, 4.69) is 10.3 Å². The van der Waals surface area contributed by atoms with Gasteiger partial charge in [-0.2, -0.15) is 0 Å². The normalized spacial score (nSPS) is 24.8. The predicted molar refractivity (Wildman–Crippen MR) is 98.9 cm³/mol. The van der Waals surface area contributed by atoms with Gasteiger partial charge in [0.2, 0.25) is 0 Å². The lowest BCUT2D eigenvalue weighted by Gasteiger charge is -2.70. The van der Waals surface area contributed by atoms with Crippen molar-refractivity contribution in [2.75, 3.05) is 6.61 Å². The Hall–Kier alpha value is -2.41. The van der Waals surface area contributed by atoms with Crippen molar-refractivity contribution in [1.29, 1.82) is 0 Å². The first kappa shape index (κ1) is 18.9. The van der Waals surface area contributed by atoms with E-state index in [-0.39, 0.29) is 40.0 Å². The molecule has 6 nitrogen and oxygen atoms in total. The minimum atomic E-state index is -0.594. The van der Waals surface area contributed by atoms with Crippen LogP contribution in [-0.2, 0) is 11.2 Å². The number of nitrogens with zero attached hydrogens (tertiary/aromatic N) is 1. The standard InChI is InChI=1S/C20H20ClFN2O4/c1-2-18-23-7-16(28-18)15(25)6-19-9-20(10-19,11-19)24-17(26)8-27-12-3-4-13(21)14(22)5-12/h3-5,7H,2,6,8-11H2,1H3,(H,24,26). The van der Waals surface area contributed by atoms with Gasteiger partial charge in [0.05, 0.1) is 11.2 Å². The van der Waals surface area contributed by atoms with Crippen molar-refractivity contribution < 1.29 is 23.1 Å². The molecule has 1 N–H and O–H groups in total. The third kappa shape index (κ3) is 3.51. The second kappa shape index (κ2) is 6.88. The third-order valence-corrected chi connectivity index (χ3v) is 5.78. The number of hydrogen-bond donors (Lipinski definition) is 1. The lowest BCUT2D eigenvalue weighted by molar-refractivity contribution is -0.164. The average molecular weight is 407 g/mol. The predicted octanol–water partition coefficient (Wildman–Crippen LogP) is 3.72. The molecule has 1 aromatic carbocycles.